The van der Waals surface area contributed by atoms with E-state index in [0.29, 0.717) is 5.56 Å². The van der Waals surface area contributed by atoms with Gasteiger partial charge in [0.1, 0.15) is 6.07 Å². The number of rotatable bonds is 0. The van der Waals surface area contributed by atoms with Crippen LogP contribution in [0.15, 0.2) is 36.4 Å². The summed E-state index contributed by atoms with van der Waals surface area (Å²) >= 11 is 0. The van der Waals surface area contributed by atoms with Crippen molar-refractivity contribution in [1.29, 1.82) is 5.26 Å². The maximum absolute atomic E-state index is 9.33. The second-order valence-corrected chi connectivity index (χ2v) is 5.79. The topological polar surface area (TPSA) is 49.8 Å². The van der Waals surface area contributed by atoms with Gasteiger partial charge in [-0.05, 0) is 29.7 Å². The molecule has 0 saturated heterocycles. The fraction of sp³-hybridized carbons (Fsp3) is 0.316. The first-order valence-electron chi connectivity index (χ1n) is 7.46. The summed E-state index contributed by atoms with van der Waals surface area (Å²) in [5, 5.41) is 11.5. The van der Waals surface area contributed by atoms with E-state index in [-0.39, 0.29) is 5.54 Å². The Hall–Kier alpha value is -2.29. The lowest BCUT2D eigenvalue weighted by molar-refractivity contribution is 0.370. The van der Waals surface area contributed by atoms with Crippen molar-refractivity contribution in [2.45, 2.75) is 37.6 Å². The third kappa shape index (κ3) is 2.77. The number of nitrogens with two attached hydrogens (primary N) is 1. The van der Waals surface area contributed by atoms with Crippen LogP contribution in [0.5, 0.6) is 0 Å². The van der Waals surface area contributed by atoms with Crippen LogP contribution in [0.1, 0.15) is 43.2 Å². The molecule has 1 saturated carbocycles. The molecule has 2 heteroatoms. The summed E-state index contributed by atoms with van der Waals surface area (Å²) in [6, 6.07) is 14.1. The molecular weight excluding hydrogens is 256 g/mol. The smallest absolute Gasteiger partial charge is 0.100 e. The highest BCUT2D eigenvalue weighted by Crippen LogP contribution is 2.26. The Balaban J connectivity index is 2.10. The van der Waals surface area contributed by atoms with Crippen LogP contribution >= 0.6 is 0 Å². The van der Waals surface area contributed by atoms with E-state index in [2.05, 4.69) is 17.9 Å². The molecule has 2 nitrogen and oxygen atoms in total. The van der Waals surface area contributed by atoms with Gasteiger partial charge in [0.25, 0.3) is 0 Å². The van der Waals surface area contributed by atoms with Gasteiger partial charge in [0.05, 0.1) is 16.7 Å². The van der Waals surface area contributed by atoms with Crippen molar-refractivity contribution in [3.05, 3.63) is 47.5 Å². The number of benzene rings is 2. The number of nitrogens with zero attached hydrogens (tertiary/aromatic N) is 1. The summed E-state index contributed by atoms with van der Waals surface area (Å²) in [6.07, 6.45) is 5.44. The van der Waals surface area contributed by atoms with Crippen molar-refractivity contribution in [2.24, 2.45) is 5.73 Å². The van der Waals surface area contributed by atoms with E-state index in [4.69, 9.17) is 5.73 Å². The first-order chi connectivity index (χ1) is 10.2. The second kappa shape index (κ2) is 5.60. The molecule has 1 fully saturated rings. The average molecular weight is 274 g/mol. The van der Waals surface area contributed by atoms with E-state index in [9.17, 15) is 5.26 Å². The zero-order valence-corrected chi connectivity index (χ0v) is 12.0. The van der Waals surface area contributed by atoms with Crippen molar-refractivity contribution in [1.82, 2.24) is 0 Å². The standard InChI is InChI=1S/C19H18N2/c20-14-16-9-8-15-6-2-3-7-17(15)18(16)10-13-19(21)11-4-1-5-12-19/h2-3,6-9H,1,4-5,11-12,21H2. The van der Waals surface area contributed by atoms with Crippen LogP contribution in [0.4, 0.5) is 0 Å². The molecule has 0 atom stereocenters. The molecule has 0 spiro atoms. The van der Waals surface area contributed by atoms with E-state index in [1.165, 1.54) is 6.42 Å². The summed E-state index contributed by atoms with van der Waals surface area (Å²) in [7, 11) is 0. The fourth-order valence-corrected chi connectivity index (χ4v) is 2.99. The molecule has 1 aliphatic carbocycles. The lowest BCUT2D eigenvalue weighted by atomic mass is 9.83. The van der Waals surface area contributed by atoms with E-state index in [1.54, 1.807) is 0 Å². The van der Waals surface area contributed by atoms with Gasteiger partial charge in [-0.2, -0.15) is 5.26 Å². The van der Waals surface area contributed by atoms with Crippen molar-refractivity contribution in [3.8, 4) is 17.9 Å². The Kier molecular flexibility index (Phi) is 3.65. The quantitative estimate of drug-likeness (QED) is 0.744. The molecule has 0 aliphatic heterocycles. The highest BCUT2D eigenvalue weighted by Gasteiger charge is 2.24. The van der Waals surface area contributed by atoms with Gasteiger partial charge in [0.2, 0.25) is 0 Å². The van der Waals surface area contributed by atoms with Crippen LogP contribution in [0.25, 0.3) is 10.8 Å². The predicted octanol–water partition coefficient (Wildman–Crippen LogP) is 3.72. The van der Waals surface area contributed by atoms with Crippen molar-refractivity contribution in [2.75, 3.05) is 0 Å². The molecule has 0 aromatic heterocycles. The van der Waals surface area contributed by atoms with Crippen molar-refractivity contribution >= 4 is 10.8 Å². The largest absolute Gasteiger partial charge is 0.315 e. The van der Waals surface area contributed by atoms with E-state index in [1.807, 2.05) is 36.4 Å². The molecule has 1 aliphatic rings. The SMILES string of the molecule is N#Cc1ccc2ccccc2c1C#CC1(N)CCCCC1. The van der Waals surface area contributed by atoms with Gasteiger partial charge >= 0.3 is 0 Å². The Morgan fingerprint density at radius 1 is 1.00 bits per heavy atom. The zero-order chi connectivity index (χ0) is 14.7. The summed E-state index contributed by atoms with van der Waals surface area (Å²) in [5.74, 6) is 6.48. The highest BCUT2D eigenvalue weighted by atomic mass is 14.7. The van der Waals surface area contributed by atoms with E-state index >= 15 is 0 Å². The molecule has 0 unspecified atom stereocenters. The van der Waals surface area contributed by atoms with Crippen LogP contribution in [0, 0.1) is 23.2 Å². The number of hydrogen-bond acceptors (Lipinski definition) is 2. The number of nitriles is 1. The molecule has 2 aromatic carbocycles. The first-order valence-corrected chi connectivity index (χ1v) is 7.46. The van der Waals surface area contributed by atoms with Gasteiger partial charge in [-0.25, -0.2) is 0 Å². The fourth-order valence-electron chi connectivity index (χ4n) is 2.99. The van der Waals surface area contributed by atoms with E-state index < -0.39 is 0 Å². The van der Waals surface area contributed by atoms with Crippen LogP contribution in [-0.2, 0) is 0 Å². The molecule has 0 bridgehead atoms. The Morgan fingerprint density at radius 2 is 1.76 bits per heavy atom. The third-order valence-corrected chi connectivity index (χ3v) is 4.23. The predicted molar refractivity (Wildman–Crippen MR) is 85.5 cm³/mol. The number of fused-ring (bicyclic) bond motifs is 1. The lowest BCUT2D eigenvalue weighted by Gasteiger charge is -2.27. The van der Waals surface area contributed by atoms with Gasteiger partial charge < -0.3 is 5.73 Å². The van der Waals surface area contributed by atoms with Crippen LogP contribution < -0.4 is 5.73 Å². The zero-order valence-electron chi connectivity index (χ0n) is 12.0. The molecular formula is C19H18N2. The third-order valence-electron chi connectivity index (χ3n) is 4.23. The molecule has 0 radical (unpaired) electrons. The minimum Gasteiger partial charge on any atom is -0.315 e. The monoisotopic (exact) mass is 274 g/mol. The molecule has 2 aromatic rings. The minimum absolute atomic E-state index is 0.387. The van der Waals surface area contributed by atoms with Crippen LogP contribution in [0.3, 0.4) is 0 Å². The van der Waals surface area contributed by atoms with Crippen molar-refractivity contribution < 1.29 is 0 Å². The molecule has 0 amide bonds. The Labute approximate surface area is 125 Å². The maximum atomic E-state index is 9.33. The summed E-state index contributed by atoms with van der Waals surface area (Å²) in [5.41, 5.74) is 7.44. The Morgan fingerprint density at radius 3 is 2.52 bits per heavy atom. The van der Waals surface area contributed by atoms with Gasteiger partial charge in [-0.15, -0.1) is 0 Å². The van der Waals surface area contributed by atoms with Crippen LogP contribution in [-0.4, -0.2) is 5.54 Å². The normalized spacial score (nSPS) is 16.8. The molecule has 3 rings (SSSR count). The van der Waals surface area contributed by atoms with Crippen LogP contribution in [0.2, 0.25) is 0 Å². The number of hydrogen-bond donors (Lipinski definition) is 1. The lowest BCUT2D eigenvalue weighted by Crippen LogP contribution is -2.40. The summed E-state index contributed by atoms with van der Waals surface area (Å²) in [6.45, 7) is 0. The van der Waals surface area contributed by atoms with Gasteiger partial charge in [0.15, 0.2) is 0 Å². The highest BCUT2D eigenvalue weighted by molar-refractivity contribution is 5.90. The van der Waals surface area contributed by atoms with Gasteiger partial charge in [-0.3, -0.25) is 0 Å². The molecule has 21 heavy (non-hydrogen) atoms. The molecule has 104 valence electrons. The first kappa shape index (κ1) is 13.7. The maximum Gasteiger partial charge on any atom is 0.100 e. The van der Waals surface area contributed by atoms with Gasteiger partial charge in [0, 0.05) is 0 Å². The summed E-state index contributed by atoms with van der Waals surface area (Å²) < 4.78 is 0. The average Bonchev–Trinajstić information content (AvgIpc) is 2.53. The van der Waals surface area contributed by atoms with Crippen molar-refractivity contribution in [3.63, 3.8) is 0 Å². The van der Waals surface area contributed by atoms with E-state index in [0.717, 1.165) is 42.0 Å². The second-order valence-electron chi connectivity index (χ2n) is 5.79. The molecule has 0 heterocycles. The molecule has 2 N–H and O–H groups in total. The summed E-state index contributed by atoms with van der Waals surface area (Å²) in [4.78, 5) is 0. The van der Waals surface area contributed by atoms with Gasteiger partial charge in [-0.1, -0.05) is 61.4 Å². The minimum atomic E-state index is -0.387. The Bertz CT molecular complexity index is 765.